The summed E-state index contributed by atoms with van der Waals surface area (Å²) in [6.07, 6.45) is 1.20. The number of ketones is 1. The van der Waals surface area contributed by atoms with Crippen molar-refractivity contribution in [3.63, 3.8) is 0 Å². The normalized spacial score (nSPS) is 24.4. The molecule has 19 heavy (non-hydrogen) atoms. The molecule has 0 saturated carbocycles. The monoisotopic (exact) mass is 261 g/mol. The average Bonchev–Trinajstić information content (AvgIpc) is 2.40. The molecule has 2 unspecified atom stereocenters. The molecule has 1 aliphatic rings. The number of carbonyl (C=O) groups excluding carboxylic acids is 1. The number of aliphatic hydroxyl groups is 1. The zero-order chi connectivity index (χ0) is 13.8. The third-order valence-electron chi connectivity index (χ3n) is 3.94. The average molecular weight is 261 g/mol. The highest BCUT2D eigenvalue weighted by Crippen LogP contribution is 2.17. The van der Waals surface area contributed by atoms with Crippen LogP contribution in [-0.4, -0.2) is 41.5 Å². The van der Waals surface area contributed by atoms with Gasteiger partial charge in [0.1, 0.15) is 0 Å². The second kappa shape index (κ2) is 6.31. The Balaban J connectivity index is 1.84. The summed E-state index contributed by atoms with van der Waals surface area (Å²) in [5, 5.41) is 9.69. The second-order valence-corrected chi connectivity index (χ2v) is 5.68. The van der Waals surface area contributed by atoms with Crippen molar-refractivity contribution in [3.05, 3.63) is 35.4 Å². The van der Waals surface area contributed by atoms with Crippen molar-refractivity contribution in [2.24, 2.45) is 5.92 Å². The van der Waals surface area contributed by atoms with Crippen molar-refractivity contribution in [1.29, 1.82) is 0 Å². The number of carbonyl (C=O) groups is 1. The molecule has 0 aromatic heterocycles. The molecule has 2 atom stereocenters. The van der Waals surface area contributed by atoms with Crippen LogP contribution in [0.15, 0.2) is 24.3 Å². The molecule has 0 amide bonds. The van der Waals surface area contributed by atoms with E-state index in [0.717, 1.165) is 37.2 Å². The van der Waals surface area contributed by atoms with E-state index in [1.807, 2.05) is 31.2 Å². The van der Waals surface area contributed by atoms with E-state index >= 15 is 0 Å². The Morgan fingerprint density at radius 1 is 1.47 bits per heavy atom. The van der Waals surface area contributed by atoms with Crippen LogP contribution in [0.4, 0.5) is 0 Å². The van der Waals surface area contributed by atoms with Gasteiger partial charge in [-0.25, -0.2) is 0 Å². The maximum atomic E-state index is 12.1. The number of Topliss-reactive ketones (excluding diaryl/α,β-unsaturated/α-hetero) is 1. The highest BCUT2D eigenvalue weighted by atomic mass is 16.3. The van der Waals surface area contributed by atoms with Gasteiger partial charge in [0.25, 0.3) is 0 Å². The molecular weight excluding hydrogens is 238 g/mol. The van der Waals surface area contributed by atoms with E-state index in [1.165, 1.54) is 0 Å². The molecule has 0 radical (unpaired) electrons. The zero-order valence-electron chi connectivity index (χ0n) is 11.8. The fourth-order valence-corrected chi connectivity index (χ4v) is 2.65. The molecule has 1 N–H and O–H groups in total. The van der Waals surface area contributed by atoms with E-state index in [4.69, 9.17) is 0 Å². The molecule has 3 heteroatoms. The maximum Gasteiger partial charge on any atom is 0.164 e. The molecule has 2 rings (SSSR count). The summed E-state index contributed by atoms with van der Waals surface area (Å²) in [5.74, 6) is 0.519. The fourth-order valence-electron chi connectivity index (χ4n) is 2.65. The van der Waals surface area contributed by atoms with E-state index in [0.29, 0.717) is 12.3 Å². The number of aliphatic hydroxyl groups excluding tert-OH is 1. The van der Waals surface area contributed by atoms with Crippen LogP contribution in [0.25, 0.3) is 0 Å². The highest BCUT2D eigenvalue weighted by Gasteiger charge is 2.24. The Morgan fingerprint density at radius 3 is 2.95 bits per heavy atom. The van der Waals surface area contributed by atoms with E-state index in [2.05, 4.69) is 11.8 Å². The molecule has 0 aliphatic carbocycles. The van der Waals surface area contributed by atoms with Gasteiger partial charge in [0.2, 0.25) is 0 Å². The Bertz CT molecular complexity index is 444. The van der Waals surface area contributed by atoms with Crippen LogP contribution in [0.3, 0.4) is 0 Å². The van der Waals surface area contributed by atoms with Gasteiger partial charge < -0.3 is 10.0 Å². The predicted octanol–water partition coefficient (Wildman–Crippen LogP) is 2.27. The van der Waals surface area contributed by atoms with Crippen molar-refractivity contribution in [3.8, 4) is 0 Å². The van der Waals surface area contributed by atoms with Crippen molar-refractivity contribution in [2.45, 2.75) is 32.8 Å². The van der Waals surface area contributed by atoms with Crippen LogP contribution in [0.1, 0.15) is 35.7 Å². The standard InChI is InChI=1S/C16H23NO2/c1-12-4-3-5-14(10-12)16(19)7-9-17-8-6-15(18)13(2)11-17/h3-5,10,13,15,18H,6-9,11H2,1-2H3. The second-order valence-electron chi connectivity index (χ2n) is 5.68. The van der Waals surface area contributed by atoms with Crippen LogP contribution in [0, 0.1) is 12.8 Å². The van der Waals surface area contributed by atoms with Gasteiger partial charge in [0.05, 0.1) is 6.10 Å². The van der Waals surface area contributed by atoms with Crippen LogP contribution in [-0.2, 0) is 0 Å². The molecule has 104 valence electrons. The zero-order valence-corrected chi connectivity index (χ0v) is 11.8. The van der Waals surface area contributed by atoms with Crippen molar-refractivity contribution >= 4 is 5.78 Å². The van der Waals surface area contributed by atoms with Gasteiger partial charge >= 0.3 is 0 Å². The van der Waals surface area contributed by atoms with Gasteiger partial charge in [-0.3, -0.25) is 4.79 Å². The smallest absolute Gasteiger partial charge is 0.164 e. The van der Waals surface area contributed by atoms with E-state index in [-0.39, 0.29) is 11.9 Å². The number of nitrogens with zero attached hydrogens (tertiary/aromatic N) is 1. The SMILES string of the molecule is Cc1cccc(C(=O)CCN2CCC(O)C(C)C2)c1. The van der Waals surface area contributed by atoms with Crippen LogP contribution < -0.4 is 0 Å². The summed E-state index contributed by atoms with van der Waals surface area (Å²) in [7, 11) is 0. The molecular formula is C16H23NO2. The number of piperidine rings is 1. The van der Waals surface area contributed by atoms with E-state index in [1.54, 1.807) is 0 Å². The number of likely N-dealkylation sites (tertiary alicyclic amines) is 1. The fraction of sp³-hybridized carbons (Fsp3) is 0.562. The van der Waals surface area contributed by atoms with Crippen LogP contribution >= 0.6 is 0 Å². The summed E-state index contributed by atoms with van der Waals surface area (Å²) in [6.45, 7) is 6.66. The minimum absolute atomic E-state index is 0.177. The summed E-state index contributed by atoms with van der Waals surface area (Å²) in [5.41, 5.74) is 1.94. The summed E-state index contributed by atoms with van der Waals surface area (Å²) < 4.78 is 0. The first kappa shape index (κ1) is 14.2. The van der Waals surface area contributed by atoms with Gasteiger partial charge in [-0.15, -0.1) is 0 Å². The van der Waals surface area contributed by atoms with Gasteiger partial charge in [-0.1, -0.05) is 30.7 Å². The van der Waals surface area contributed by atoms with E-state index < -0.39 is 0 Å². The topological polar surface area (TPSA) is 40.5 Å². The minimum Gasteiger partial charge on any atom is -0.393 e. The Kier molecular flexibility index (Phi) is 4.72. The van der Waals surface area contributed by atoms with Gasteiger partial charge in [-0.2, -0.15) is 0 Å². The molecule has 1 aromatic carbocycles. The van der Waals surface area contributed by atoms with Crippen LogP contribution in [0.2, 0.25) is 0 Å². The molecule has 0 spiro atoms. The summed E-state index contributed by atoms with van der Waals surface area (Å²) in [6, 6.07) is 7.77. The number of hydrogen-bond donors (Lipinski definition) is 1. The van der Waals surface area contributed by atoms with Gasteiger partial charge in [0.15, 0.2) is 5.78 Å². The number of benzene rings is 1. The summed E-state index contributed by atoms with van der Waals surface area (Å²) in [4.78, 5) is 14.4. The molecule has 1 aromatic rings. The first-order chi connectivity index (χ1) is 9.06. The molecule has 1 heterocycles. The minimum atomic E-state index is -0.177. The number of hydrogen-bond acceptors (Lipinski definition) is 3. The van der Waals surface area contributed by atoms with Crippen molar-refractivity contribution in [1.82, 2.24) is 4.90 Å². The predicted molar refractivity (Wildman–Crippen MR) is 76.4 cm³/mol. The maximum absolute atomic E-state index is 12.1. The van der Waals surface area contributed by atoms with Gasteiger partial charge in [0, 0.05) is 31.6 Å². The number of rotatable bonds is 4. The quantitative estimate of drug-likeness (QED) is 0.845. The molecule has 1 fully saturated rings. The highest BCUT2D eigenvalue weighted by molar-refractivity contribution is 5.96. The number of aryl methyl sites for hydroxylation is 1. The lowest BCUT2D eigenvalue weighted by atomic mass is 9.96. The van der Waals surface area contributed by atoms with Crippen molar-refractivity contribution < 1.29 is 9.90 Å². The van der Waals surface area contributed by atoms with Crippen LogP contribution in [0.5, 0.6) is 0 Å². The third kappa shape index (κ3) is 3.88. The Labute approximate surface area is 115 Å². The van der Waals surface area contributed by atoms with Gasteiger partial charge in [-0.05, 0) is 25.3 Å². The lowest BCUT2D eigenvalue weighted by Gasteiger charge is -2.34. The first-order valence-electron chi connectivity index (χ1n) is 7.06. The molecule has 0 bridgehead atoms. The molecule has 3 nitrogen and oxygen atoms in total. The van der Waals surface area contributed by atoms with Crippen molar-refractivity contribution in [2.75, 3.05) is 19.6 Å². The first-order valence-corrected chi connectivity index (χ1v) is 7.06. The Hall–Kier alpha value is -1.19. The molecule has 1 aliphatic heterocycles. The third-order valence-corrected chi connectivity index (χ3v) is 3.94. The largest absolute Gasteiger partial charge is 0.393 e. The lowest BCUT2D eigenvalue weighted by molar-refractivity contribution is 0.0346. The summed E-state index contributed by atoms with van der Waals surface area (Å²) >= 11 is 0. The van der Waals surface area contributed by atoms with E-state index in [9.17, 15) is 9.90 Å². The lowest BCUT2D eigenvalue weighted by Crippen LogP contribution is -2.42. The Morgan fingerprint density at radius 2 is 2.26 bits per heavy atom. The molecule has 1 saturated heterocycles.